The Hall–Kier alpha value is -0.600. The SMILES string of the molecule is C=CCCOCCNCC1CC=CCC1. The van der Waals surface area contributed by atoms with Crippen molar-refractivity contribution in [1.29, 1.82) is 0 Å². The van der Waals surface area contributed by atoms with Gasteiger partial charge in [0, 0.05) is 6.54 Å². The van der Waals surface area contributed by atoms with E-state index in [-0.39, 0.29) is 0 Å². The van der Waals surface area contributed by atoms with Gasteiger partial charge in [-0.15, -0.1) is 6.58 Å². The van der Waals surface area contributed by atoms with Crippen LogP contribution < -0.4 is 5.32 Å². The smallest absolute Gasteiger partial charge is 0.0591 e. The van der Waals surface area contributed by atoms with E-state index in [1.165, 1.54) is 19.3 Å². The molecule has 86 valence electrons. The Labute approximate surface area is 93.4 Å². The molecule has 0 saturated heterocycles. The minimum atomic E-state index is 0.803. The van der Waals surface area contributed by atoms with E-state index < -0.39 is 0 Å². The average molecular weight is 209 g/mol. The molecule has 0 amide bonds. The van der Waals surface area contributed by atoms with E-state index in [4.69, 9.17) is 4.74 Å². The van der Waals surface area contributed by atoms with Crippen LogP contribution in [-0.2, 0) is 4.74 Å². The van der Waals surface area contributed by atoms with Crippen molar-refractivity contribution < 1.29 is 4.74 Å². The molecular formula is C13H23NO. The fourth-order valence-corrected chi connectivity index (χ4v) is 1.76. The van der Waals surface area contributed by atoms with Crippen molar-refractivity contribution in [3.63, 3.8) is 0 Å². The lowest BCUT2D eigenvalue weighted by atomic mass is 9.94. The van der Waals surface area contributed by atoms with E-state index in [0.29, 0.717) is 0 Å². The van der Waals surface area contributed by atoms with Crippen LogP contribution in [0.15, 0.2) is 24.8 Å². The highest BCUT2D eigenvalue weighted by molar-refractivity contribution is 4.90. The fourth-order valence-electron chi connectivity index (χ4n) is 1.76. The van der Waals surface area contributed by atoms with Gasteiger partial charge in [-0.1, -0.05) is 18.2 Å². The van der Waals surface area contributed by atoms with Crippen molar-refractivity contribution in [2.24, 2.45) is 5.92 Å². The fraction of sp³-hybridized carbons (Fsp3) is 0.692. The highest BCUT2D eigenvalue weighted by Crippen LogP contribution is 2.16. The summed E-state index contributed by atoms with van der Waals surface area (Å²) in [5.41, 5.74) is 0. The van der Waals surface area contributed by atoms with Gasteiger partial charge < -0.3 is 10.1 Å². The van der Waals surface area contributed by atoms with E-state index >= 15 is 0 Å². The highest BCUT2D eigenvalue weighted by atomic mass is 16.5. The van der Waals surface area contributed by atoms with Gasteiger partial charge in [-0.2, -0.15) is 0 Å². The van der Waals surface area contributed by atoms with Gasteiger partial charge in [-0.25, -0.2) is 0 Å². The van der Waals surface area contributed by atoms with Gasteiger partial charge in [0.2, 0.25) is 0 Å². The molecule has 0 aromatic rings. The molecule has 0 radical (unpaired) electrons. The Kier molecular flexibility index (Phi) is 7.22. The third-order valence-electron chi connectivity index (χ3n) is 2.70. The molecule has 15 heavy (non-hydrogen) atoms. The number of ether oxygens (including phenoxy) is 1. The summed E-state index contributed by atoms with van der Waals surface area (Å²) in [5.74, 6) is 0.836. The number of nitrogens with one attached hydrogen (secondary N) is 1. The minimum Gasteiger partial charge on any atom is -0.380 e. The molecule has 0 spiro atoms. The summed E-state index contributed by atoms with van der Waals surface area (Å²) in [6, 6.07) is 0. The van der Waals surface area contributed by atoms with Crippen molar-refractivity contribution in [1.82, 2.24) is 5.32 Å². The van der Waals surface area contributed by atoms with Gasteiger partial charge in [0.1, 0.15) is 0 Å². The summed E-state index contributed by atoms with van der Waals surface area (Å²) in [6.07, 6.45) is 11.3. The summed E-state index contributed by atoms with van der Waals surface area (Å²) in [4.78, 5) is 0. The average Bonchev–Trinajstić information content (AvgIpc) is 2.29. The van der Waals surface area contributed by atoms with Crippen LogP contribution in [0.5, 0.6) is 0 Å². The standard InChI is InChI=1S/C13H23NO/c1-2-3-10-15-11-9-14-12-13-7-5-4-6-8-13/h2,4-5,13-14H,1,3,6-12H2. The molecule has 0 aliphatic heterocycles. The zero-order valence-electron chi connectivity index (χ0n) is 9.58. The maximum atomic E-state index is 5.42. The van der Waals surface area contributed by atoms with E-state index in [1.54, 1.807) is 0 Å². The third kappa shape index (κ3) is 6.47. The van der Waals surface area contributed by atoms with Crippen LogP contribution in [0, 0.1) is 5.92 Å². The van der Waals surface area contributed by atoms with Crippen molar-refractivity contribution in [3.05, 3.63) is 24.8 Å². The van der Waals surface area contributed by atoms with Gasteiger partial charge in [0.15, 0.2) is 0 Å². The summed E-state index contributed by atoms with van der Waals surface area (Å²) in [7, 11) is 0. The molecule has 1 aliphatic carbocycles. The molecule has 0 aromatic carbocycles. The maximum Gasteiger partial charge on any atom is 0.0591 e. The first-order chi connectivity index (χ1) is 7.43. The molecule has 0 aromatic heterocycles. The van der Waals surface area contributed by atoms with E-state index in [2.05, 4.69) is 24.0 Å². The molecule has 1 unspecified atom stereocenters. The number of allylic oxidation sites excluding steroid dienone is 2. The first-order valence-electron chi connectivity index (χ1n) is 5.98. The molecule has 1 rings (SSSR count). The van der Waals surface area contributed by atoms with Crippen molar-refractivity contribution in [2.45, 2.75) is 25.7 Å². The zero-order valence-corrected chi connectivity index (χ0v) is 9.58. The van der Waals surface area contributed by atoms with Crippen molar-refractivity contribution in [3.8, 4) is 0 Å². The Bertz CT molecular complexity index is 189. The predicted molar refractivity (Wildman–Crippen MR) is 65.0 cm³/mol. The summed E-state index contributed by atoms with van der Waals surface area (Å²) < 4.78 is 5.42. The van der Waals surface area contributed by atoms with E-state index in [9.17, 15) is 0 Å². The lowest BCUT2D eigenvalue weighted by Crippen LogP contribution is -2.26. The topological polar surface area (TPSA) is 21.3 Å². The van der Waals surface area contributed by atoms with Crippen LogP contribution in [-0.4, -0.2) is 26.3 Å². The first kappa shape index (κ1) is 12.5. The first-order valence-corrected chi connectivity index (χ1v) is 5.98. The normalized spacial score (nSPS) is 20.4. The van der Waals surface area contributed by atoms with E-state index in [1.807, 2.05) is 6.08 Å². The molecule has 0 fully saturated rings. The van der Waals surface area contributed by atoms with Gasteiger partial charge in [0.25, 0.3) is 0 Å². The summed E-state index contributed by atoms with van der Waals surface area (Å²) in [6.45, 7) is 7.38. The minimum absolute atomic E-state index is 0.803. The Balaban J connectivity index is 1.84. The molecule has 1 aliphatic rings. The summed E-state index contributed by atoms with van der Waals surface area (Å²) >= 11 is 0. The molecule has 0 saturated carbocycles. The quantitative estimate of drug-likeness (QED) is 0.490. The van der Waals surface area contributed by atoms with Crippen LogP contribution in [0.25, 0.3) is 0 Å². The second-order valence-electron chi connectivity index (χ2n) is 4.04. The molecule has 2 nitrogen and oxygen atoms in total. The number of rotatable bonds is 8. The Morgan fingerprint density at radius 1 is 1.40 bits per heavy atom. The van der Waals surface area contributed by atoms with Gasteiger partial charge in [-0.05, 0) is 38.1 Å². The van der Waals surface area contributed by atoms with E-state index in [0.717, 1.165) is 38.6 Å². The number of hydrogen-bond donors (Lipinski definition) is 1. The highest BCUT2D eigenvalue weighted by Gasteiger charge is 2.08. The largest absolute Gasteiger partial charge is 0.380 e. The maximum absolute atomic E-state index is 5.42. The lowest BCUT2D eigenvalue weighted by molar-refractivity contribution is 0.139. The second kappa shape index (κ2) is 8.69. The molecule has 1 N–H and O–H groups in total. The Morgan fingerprint density at radius 2 is 2.33 bits per heavy atom. The van der Waals surface area contributed by atoms with Crippen LogP contribution in [0.1, 0.15) is 25.7 Å². The number of hydrogen-bond acceptors (Lipinski definition) is 2. The van der Waals surface area contributed by atoms with Gasteiger partial charge in [-0.3, -0.25) is 0 Å². The molecule has 1 atom stereocenters. The second-order valence-corrected chi connectivity index (χ2v) is 4.04. The van der Waals surface area contributed by atoms with Crippen molar-refractivity contribution >= 4 is 0 Å². The zero-order chi connectivity index (χ0) is 10.8. The van der Waals surface area contributed by atoms with Gasteiger partial charge >= 0.3 is 0 Å². The monoisotopic (exact) mass is 209 g/mol. The molecule has 0 heterocycles. The Morgan fingerprint density at radius 3 is 3.07 bits per heavy atom. The summed E-state index contributed by atoms with van der Waals surface area (Å²) in [5, 5.41) is 3.45. The van der Waals surface area contributed by atoms with Crippen LogP contribution >= 0.6 is 0 Å². The van der Waals surface area contributed by atoms with Crippen LogP contribution in [0.3, 0.4) is 0 Å². The van der Waals surface area contributed by atoms with Crippen LogP contribution in [0.4, 0.5) is 0 Å². The molecule has 2 heteroatoms. The lowest BCUT2D eigenvalue weighted by Gasteiger charge is -2.18. The van der Waals surface area contributed by atoms with Crippen molar-refractivity contribution in [2.75, 3.05) is 26.3 Å². The van der Waals surface area contributed by atoms with Crippen LogP contribution in [0.2, 0.25) is 0 Å². The predicted octanol–water partition coefficient (Wildman–Crippen LogP) is 2.53. The third-order valence-corrected chi connectivity index (χ3v) is 2.70. The molecule has 0 bridgehead atoms. The molecular weight excluding hydrogens is 186 g/mol. The van der Waals surface area contributed by atoms with Gasteiger partial charge in [0.05, 0.1) is 13.2 Å².